The number of thioether (sulfide) groups is 1. The SMILES string of the molecule is COc1ccccc1-n1c(O)c(C2=Nc3ccccc3S[C@H](c3ccc(C)s3)C2)c(=O)[nH]c1=O. The molecule has 0 radical (unpaired) electrons. The van der Waals surface area contributed by atoms with Crippen molar-refractivity contribution in [2.75, 3.05) is 7.11 Å². The summed E-state index contributed by atoms with van der Waals surface area (Å²) in [6.07, 6.45) is 0.403. The standard InChI is InChI=1S/C25H21N3O4S2/c1-14-11-12-20(33-14)21-13-16(26-15-7-3-6-10-19(15)34-21)22-23(29)27-25(31)28(24(22)30)17-8-4-5-9-18(17)32-2/h3-12,21,30H,13H2,1-2H3,(H,27,29,31)/t21-/m0/s1. The van der Waals surface area contributed by atoms with E-state index < -0.39 is 17.1 Å². The van der Waals surface area contributed by atoms with Crippen LogP contribution in [0, 0.1) is 6.92 Å². The lowest BCUT2D eigenvalue weighted by atomic mass is 10.1. The van der Waals surface area contributed by atoms with E-state index in [-0.39, 0.29) is 10.8 Å². The average molecular weight is 492 g/mol. The number of fused-ring (bicyclic) bond motifs is 1. The first kappa shape index (κ1) is 22.2. The van der Waals surface area contributed by atoms with Crippen LogP contribution in [0.4, 0.5) is 5.69 Å². The summed E-state index contributed by atoms with van der Waals surface area (Å²) in [4.78, 5) is 36.3. The lowest BCUT2D eigenvalue weighted by Crippen LogP contribution is -2.33. The van der Waals surface area contributed by atoms with Crippen LogP contribution in [-0.4, -0.2) is 27.5 Å². The summed E-state index contributed by atoms with van der Waals surface area (Å²) in [6.45, 7) is 2.05. The third-order valence-electron chi connectivity index (χ3n) is 5.55. The molecule has 0 saturated heterocycles. The van der Waals surface area contributed by atoms with Gasteiger partial charge in [-0.2, -0.15) is 0 Å². The van der Waals surface area contributed by atoms with Crippen LogP contribution in [-0.2, 0) is 0 Å². The minimum absolute atomic E-state index is 0.00783. The van der Waals surface area contributed by atoms with Gasteiger partial charge in [0.1, 0.15) is 11.3 Å². The highest BCUT2D eigenvalue weighted by molar-refractivity contribution is 7.99. The number of aromatic hydroxyl groups is 1. The van der Waals surface area contributed by atoms with Gasteiger partial charge in [-0.1, -0.05) is 24.3 Å². The topological polar surface area (TPSA) is 96.7 Å². The molecule has 0 bridgehead atoms. The number of H-pyrrole nitrogens is 1. The molecule has 0 aliphatic carbocycles. The molecule has 0 amide bonds. The quantitative estimate of drug-likeness (QED) is 0.420. The molecule has 1 aliphatic heterocycles. The lowest BCUT2D eigenvalue weighted by Gasteiger charge is -2.16. The van der Waals surface area contributed by atoms with E-state index in [4.69, 9.17) is 9.73 Å². The van der Waals surface area contributed by atoms with Gasteiger partial charge in [0.15, 0.2) is 0 Å². The number of para-hydroxylation sites is 3. The maximum absolute atomic E-state index is 13.0. The summed E-state index contributed by atoms with van der Waals surface area (Å²) >= 11 is 3.37. The fourth-order valence-electron chi connectivity index (χ4n) is 3.98. The number of benzene rings is 2. The summed E-state index contributed by atoms with van der Waals surface area (Å²) < 4.78 is 6.42. The van der Waals surface area contributed by atoms with Crippen LogP contribution >= 0.6 is 23.1 Å². The van der Waals surface area contributed by atoms with Crippen molar-refractivity contribution in [3.63, 3.8) is 0 Å². The minimum atomic E-state index is -0.759. The molecule has 172 valence electrons. The van der Waals surface area contributed by atoms with Gasteiger partial charge < -0.3 is 9.84 Å². The first-order valence-corrected chi connectivity index (χ1v) is 12.3. The van der Waals surface area contributed by atoms with Crippen LogP contribution in [0.5, 0.6) is 11.6 Å². The third-order valence-corrected chi connectivity index (χ3v) is 8.12. The molecule has 0 saturated carbocycles. The maximum atomic E-state index is 13.0. The van der Waals surface area contributed by atoms with Crippen molar-refractivity contribution in [1.29, 1.82) is 0 Å². The van der Waals surface area contributed by atoms with Gasteiger partial charge in [0.25, 0.3) is 5.56 Å². The Morgan fingerprint density at radius 3 is 2.62 bits per heavy atom. The Kier molecular flexibility index (Phi) is 5.89. The lowest BCUT2D eigenvalue weighted by molar-refractivity contribution is 0.401. The summed E-state index contributed by atoms with van der Waals surface area (Å²) in [5.41, 5.74) is -0.0217. The zero-order valence-electron chi connectivity index (χ0n) is 18.4. The van der Waals surface area contributed by atoms with Gasteiger partial charge in [-0.15, -0.1) is 23.1 Å². The van der Waals surface area contributed by atoms with Crippen molar-refractivity contribution in [1.82, 2.24) is 9.55 Å². The van der Waals surface area contributed by atoms with Crippen molar-refractivity contribution in [2.45, 2.75) is 23.5 Å². The predicted molar refractivity (Wildman–Crippen MR) is 136 cm³/mol. The highest BCUT2D eigenvalue weighted by Gasteiger charge is 2.28. The van der Waals surface area contributed by atoms with Crippen LogP contribution in [0.15, 0.2) is 80.1 Å². The second-order valence-corrected chi connectivity index (χ2v) is 10.3. The van der Waals surface area contributed by atoms with Gasteiger partial charge in [-0.05, 0) is 43.3 Å². The fraction of sp³-hybridized carbons (Fsp3) is 0.160. The molecule has 2 aromatic carbocycles. The largest absolute Gasteiger partial charge is 0.495 e. The number of hydrogen-bond acceptors (Lipinski definition) is 7. The van der Waals surface area contributed by atoms with Crippen molar-refractivity contribution in [2.24, 2.45) is 4.99 Å². The molecule has 0 fully saturated rings. The number of nitrogens with zero attached hydrogens (tertiary/aromatic N) is 2. The van der Waals surface area contributed by atoms with Gasteiger partial charge in [0.05, 0.1) is 24.2 Å². The van der Waals surface area contributed by atoms with Gasteiger partial charge in [0.2, 0.25) is 5.88 Å². The number of aromatic nitrogens is 2. The van der Waals surface area contributed by atoms with E-state index >= 15 is 0 Å². The van der Waals surface area contributed by atoms with E-state index in [0.717, 1.165) is 14.3 Å². The van der Waals surface area contributed by atoms with Gasteiger partial charge in [0, 0.05) is 26.3 Å². The Morgan fingerprint density at radius 1 is 1.09 bits per heavy atom. The third kappa shape index (κ3) is 3.97. The zero-order valence-corrected chi connectivity index (χ0v) is 20.1. The Bertz CT molecular complexity index is 1530. The van der Waals surface area contributed by atoms with Gasteiger partial charge in [-0.25, -0.2) is 9.36 Å². The average Bonchev–Trinajstić information content (AvgIpc) is 3.16. The van der Waals surface area contributed by atoms with Crippen LogP contribution < -0.4 is 16.0 Å². The van der Waals surface area contributed by atoms with Crippen LogP contribution in [0.2, 0.25) is 0 Å². The second kappa shape index (κ2) is 9.00. The van der Waals surface area contributed by atoms with Crippen molar-refractivity contribution >= 4 is 34.5 Å². The molecule has 5 rings (SSSR count). The number of nitrogens with one attached hydrogen (secondary N) is 1. The molecule has 1 atom stereocenters. The summed E-state index contributed by atoms with van der Waals surface area (Å²) in [5, 5.41) is 11.3. The number of aryl methyl sites for hydroxylation is 1. The van der Waals surface area contributed by atoms with Crippen LogP contribution in [0.25, 0.3) is 5.69 Å². The van der Waals surface area contributed by atoms with E-state index in [2.05, 4.69) is 24.0 Å². The number of ether oxygens (including phenoxy) is 1. The molecule has 0 spiro atoms. The van der Waals surface area contributed by atoms with E-state index in [0.29, 0.717) is 29.3 Å². The molecule has 7 nitrogen and oxygen atoms in total. The molecule has 2 aromatic heterocycles. The van der Waals surface area contributed by atoms with E-state index in [1.807, 2.05) is 24.3 Å². The normalized spacial score (nSPS) is 15.4. The second-order valence-electron chi connectivity index (χ2n) is 7.75. The van der Waals surface area contributed by atoms with E-state index in [9.17, 15) is 14.7 Å². The Labute approximate surface area is 203 Å². The summed E-state index contributed by atoms with van der Waals surface area (Å²) in [7, 11) is 1.48. The van der Waals surface area contributed by atoms with Crippen molar-refractivity contribution in [3.05, 3.63) is 96.8 Å². The Hall–Kier alpha value is -3.56. The number of methoxy groups -OCH3 is 1. The van der Waals surface area contributed by atoms with Crippen LogP contribution in [0.3, 0.4) is 0 Å². The Balaban J connectivity index is 1.73. The molecular formula is C25H21N3O4S2. The van der Waals surface area contributed by atoms with Gasteiger partial charge in [-0.3, -0.25) is 14.8 Å². The monoisotopic (exact) mass is 491 g/mol. The molecule has 1 aliphatic rings. The number of aliphatic imine (C=N–C) groups is 1. The highest BCUT2D eigenvalue weighted by atomic mass is 32.2. The molecule has 0 unspecified atom stereocenters. The molecule has 2 N–H and O–H groups in total. The number of rotatable bonds is 4. The van der Waals surface area contributed by atoms with E-state index in [1.54, 1.807) is 47.4 Å². The number of hydrogen-bond donors (Lipinski definition) is 2. The molecule has 3 heterocycles. The molecule has 34 heavy (non-hydrogen) atoms. The molecule has 9 heteroatoms. The first-order chi connectivity index (χ1) is 16.5. The minimum Gasteiger partial charge on any atom is -0.495 e. The van der Waals surface area contributed by atoms with Crippen molar-refractivity contribution < 1.29 is 9.84 Å². The van der Waals surface area contributed by atoms with Crippen molar-refractivity contribution in [3.8, 4) is 17.3 Å². The van der Waals surface area contributed by atoms with Crippen LogP contribution in [0.1, 0.15) is 27.0 Å². The summed E-state index contributed by atoms with van der Waals surface area (Å²) in [6, 6.07) is 18.7. The zero-order chi connectivity index (χ0) is 23.8. The Morgan fingerprint density at radius 2 is 1.85 bits per heavy atom. The predicted octanol–water partition coefficient (Wildman–Crippen LogP) is 4.97. The summed E-state index contributed by atoms with van der Waals surface area (Å²) in [5.74, 6) is -0.0870. The fourth-order valence-corrected chi connectivity index (χ4v) is 6.26. The maximum Gasteiger partial charge on any atom is 0.335 e. The molecular weight excluding hydrogens is 470 g/mol. The smallest absolute Gasteiger partial charge is 0.335 e. The first-order valence-electron chi connectivity index (χ1n) is 10.6. The number of aromatic amines is 1. The number of thiophene rings is 1. The molecule has 4 aromatic rings. The van der Waals surface area contributed by atoms with Gasteiger partial charge >= 0.3 is 5.69 Å². The van der Waals surface area contributed by atoms with E-state index in [1.165, 1.54) is 12.0 Å². The highest BCUT2D eigenvalue weighted by Crippen LogP contribution is 2.47.